The highest BCUT2D eigenvalue weighted by Crippen LogP contribution is 2.17. The third-order valence-corrected chi connectivity index (χ3v) is 5.17. The molecule has 1 heterocycles. The zero-order chi connectivity index (χ0) is 22.1. The molecule has 0 unspecified atom stereocenters. The molecule has 31 heavy (non-hydrogen) atoms. The van der Waals surface area contributed by atoms with Crippen LogP contribution in [0.5, 0.6) is 11.5 Å². The Balaban J connectivity index is 1.38. The first-order valence-electron chi connectivity index (χ1n) is 10.3. The number of ether oxygens (including phenoxy) is 3. The van der Waals surface area contributed by atoms with E-state index in [0.717, 1.165) is 44.2 Å². The first-order chi connectivity index (χ1) is 15.1. The molecule has 0 radical (unpaired) electrons. The Morgan fingerprint density at radius 3 is 2.23 bits per heavy atom. The summed E-state index contributed by atoms with van der Waals surface area (Å²) in [7, 11) is 2.96. The molecule has 1 N–H and O–H groups in total. The molecule has 8 nitrogen and oxygen atoms in total. The third-order valence-electron chi connectivity index (χ3n) is 5.17. The zero-order valence-electron chi connectivity index (χ0n) is 18.0. The minimum absolute atomic E-state index is 0.146. The summed E-state index contributed by atoms with van der Waals surface area (Å²) in [4.78, 5) is 28.7. The van der Waals surface area contributed by atoms with Crippen LogP contribution in [0.2, 0.25) is 0 Å². The number of carbonyl (C=O) groups is 2. The van der Waals surface area contributed by atoms with E-state index in [1.54, 1.807) is 31.4 Å². The van der Waals surface area contributed by atoms with Crippen molar-refractivity contribution in [3.63, 3.8) is 0 Å². The van der Waals surface area contributed by atoms with Crippen molar-refractivity contribution in [2.24, 2.45) is 0 Å². The summed E-state index contributed by atoms with van der Waals surface area (Å²) in [6.45, 7) is 5.07. The number of carbonyl (C=O) groups excluding carboxylic acids is 2. The number of anilines is 1. The van der Waals surface area contributed by atoms with Gasteiger partial charge in [-0.2, -0.15) is 0 Å². The van der Waals surface area contributed by atoms with Gasteiger partial charge < -0.3 is 19.5 Å². The summed E-state index contributed by atoms with van der Waals surface area (Å²) in [6.07, 6.45) is 0. The monoisotopic (exact) mass is 427 g/mol. The largest absolute Gasteiger partial charge is 0.497 e. The van der Waals surface area contributed by atoms with Crippen molar-refractivity contribution in [1.82, 2.24) is 9.80 Å². The van der Waals surface area contributed by atoms with Crippen LogP contribution in [0.1, 0.15) is 10.4 Å². The number of hydrogen-bond donors (Lipinski definition) is 1. The van der Waals surface area contributed by atoms with Gasteiger partial charge in [0.05, 0.1) is 32.0 Å². The number of esters is 1. The molecular formula is C23H29N3O5. The Morgan fingerprint density at radius 2 is 1.55 bits per heavy atom. The number of piperazine rings is 1. The lowest BCUT2D eigenvalue weighted by atomic mass is 10.2. The van der Waals surface area contributed by atoms with Gasteiger partial charge in [0.15, 0.2) is 0 Å². The average Bonchev–Trinajstić information content (AvgIpc) is 2.80. The van der Waals surface area contributed by atoms with Crippen molar-refractivity contribution in [2.75, 3.05) is 65.4 Å². The van der Waals surface area contributed by atoms with Crippen molar-refractivity contribution >= 4 is 17.6 Å². The number of rotatable bonds is 9. The van der Waals surface area contributed by atoms with E-state index in [2.05, 4.69) is 15.1 Å². The fourth-order valence-corrected chi connectivity index (χ4v) is 3.41. The number of hydrogen-bond acceptors (Lipinski definition) is 7. The second kappa shape index (κ2) is 11.3. The molecule has 3 rings (SSSR count). The van der Waals surface area contributed by atoms with Gasteiger partial charge in [-0.1, -0.05) is 12.1 Å². The van der Waals surface area contributed by atoms with Crippen molar-refractivity contribution in [3.05, 3.63) is 54.1 Å². The summed E-state index contributed by atoms with van der Waals surface area (Å²) < 4.78 is 15.7. The molecule has 1 aliphatic heterocycles. The number of nitrogens with zero attached hydrogens (tertiary/aromatic N) is 2. The normalized spacial score (nSPS) is 14.6. The predicted octanol–water partition coefficient (Wildman–Crippen LogP) is 2.12. The van der Waals surface area contributed by atoms with Crippen LogP contribution >= 0.6 is 0 Å². The molecule has 0 bridgehead atoms. The first-order valence-corrected chi connectivity index (χ1v) is 10.3. The van der Waals surface area contributed by atoms with Crippen molar-refractivity contribution in [2.45, 2.75) is 0 Å². The molecule has 0 spiro atoms. The molecule has 0 aromatic heterocycles. The highest BCUT2D eigenvalue weighted by molar-refractivity contribution is 6.01. The fourth-order valence-electron chi connectivity index (χ4n) is 3.41. The second-order valence-corrected chi connectivity index (χ2v) is 7.23. The molecule has 0 aliphatic carbocycles. The molecule has 1 saturated heterocycles. The number of methoxy groups -OCH3 is 2. The topological polar surface area (TPSA) is 80.3 Å². The van der Waals surface area contributed by atoms with Crippen LogP contribution in [0, 0.1) is 0 Å². The summed E-state index contributed by atoms with van der Waals surface area (Å²) in [6, 6.07) is 14.4. The van der Waals surface area contributed by atoms with Gasteiger partial charge in [-0.3, -0.25) is 14.6 Å². The lowest BCUT2D eigenvalue weighted by molar-refractivity contribution is -0.117. The second-order valence-electron chi connectivity index (χ2n) is 7.23. The Morgan fingerprint density at radius 1 is 0.903 bits per heavy atom. The molecule has 1 fully saturated rings. The molecule has 1 amide bonds. The first kappa shape index (κ1) is 22.6. The average molecular weight is 428 g/mol. The highest BCUT2D eigenvalue weighted by atomic mass is 16.5. The van der Waals surface area contributed by atoms with Crippen LogP contribution in [0.25, 0.3) is 0 Å². The maximum absolute atomic E-state index is 12.5. The van der Waals surface area contributed by atoms with E-state index in [-0.39, 0.29) is 12.5 Å². The lowest BCUT2D eigenvalue weighted by Gasteiger charge is -2.34. The van der Waals surface area contributed by atoms with Crippen molar-refractivity contribution < 1.29 is 23.8 Å². The highest BCUT2D eigenvalue weighted by Gasteiger charge is 2.20. The smallest absolute Gasteiger partial charge is 0.339 e. The van der Waals surface area contributed by atoms with Gasteiger partial charge >= 0.3 is 5.97 Å². The minimum atomic E-state index is -0.471. The molecule has 0 atom stereocenters. The molecule has 166 valence electrons. The molecular weight excluding hydrogens is 398 g/mol. The summed E-state index contributed by atoms with van der Waals surface area (Å²) in [5.74, 6) is 1.01. The molecule has 1 aliphatic rings. The number of amides is 1. The molecule has 2 aromatic rings. The predicted molar refractivity (Wildman–Crippen MR) is 118 cm³/mol. The van der Waals surface area contributed by atoms with Gasteiger partial charge in [-0.15, -0.1) is 0 Å². The summed E-state index contributed by atoms with van der Waals surface area (Å²) in [5.41, 5.74) is 0.814. The zero-order valence-corrected chi connectivity index (χ0v) is 18.0. The van der Waals surface area contributed by atoms with Gasteiger partial charge in [0, 0.05) is 32.7 Å². The van der Waals surface area contributed by atoms with E-state index in [9.17, 15) is 9.59 Å². The molecule has 0 saturated carbocycles. The van der Waals surface area contributed by atoms with E-state index in [4.69, 9.17) is 14.2 Å². The van der Waals surface area contributed by atoms with Gasteiger partial charge in [-0.25, -0.2) is 4.79 Å². The number of benzene rings is 2. The SMILES string of the molecule is COC(=O)c1ccccc1NC(=O)CN1CCN(CCOc2ccc(OC)cc2)CC1. The molecule has 2 aromatic carbocycles. The lowest BCUT2D eigenvalue weighted by Crippen LogP contribution is -2.49. The van der Waals surface area contributed by atoms with Gasteiger partial charge in [0.1, 0.15) is 18.1 Å². The quantitative estimate of drug-likeness (QED) is 0.614. The van der Waals surface area contributed by atoms with E-state index < -0.39 is 5.97 Å². The van der Waals surface area contributed by atoms with Crippen LogP contribution in [0.3, 0.4) is 0 Å². The van der Waals surface area contributed by atoms with Crippen LogP contribution in [-0.4, -0.2) is 81.8 Å². The fraction of sp³-hybridized carbons (Fsp3) is 0.391. The maximum atomic E-state index is 12.5. The van der Waals surface area contributed by atoms with Crippen molar-refractivity contribution in [3.8, 4) is 11.5 Å². The summed E-state index contributed by atoms with van der Waals surface area (Å²) in [5, 5.41) is 2.82. The Labute approximate surface area is 182 Å². The Hall–Kier alpha value is -3.10. The van der Waals surface area contributed by atoms with Crippen LogP contribution in [-0.2, 0) is 9.53 Å². The van der Waals surface area contributed by atoms with Gasteiger partial charge in [0.25, 0.3) is 0 Å². The van der Waals surface area contributed by atoms with Crippen molar-refractivity contribution in [1.29, 1.82) is 0 Å². The van der Waals surface area contributed by atoms with Gasteiger partial charge in [0.2, 0.25) is 5.91 Å². The summed E-state index contributed by atoms with van der Waals surface area (Å²) >= 11 is 0. The van der Waals surface area contributed by atoms with Crippen LogP contribution in [0.4, 0.5) is 5.69 Å². The van der Waals surface area contributed by atoms with Crippen LogP contribution < -0.4 is 14.8 Å². The van der Waals surface area contributed by atoms with Crippen LogP contribution in [0.15, 0.2) is 48.5 Å². The molecule has 8 heteroatoms. The standard InChI is InChI=1S/C23H29N3O5/c1-29-18-7-9-19(10-8-18)31-16-15-25-11-13-26(14-12-25)17-22(27)24-21-6-4-3-5-20(21)23(28)30-2/h3-10H,11-17H2,1-2H3,(H,24,27). The van der Waals surface area contributed by atoms with E-state index in [1.807, 2.05) is 24.3 Å². The maximum Gasteiger partial charge on any atom is 0.339 e. The minimum Gasteiger partial charge on any atom is -0.497 e. The van der Waals surface area contributed by atoms with Gasteiger partial charge in [-0.05, 0) is 36.4 Å². The Kier molecular flexibility index (Phi) is 8.26. The number of nitrogens with one attached hydrogen (secondary N) is 1. The van der Waals surface area contributed by atoms with E-state index in [0.29, 0.717) is 17.9 Å². The third kappa shape index (κ3) is 6.70. The number of para-hydroxylation sites is 1. The Bertz CT molecular complexity index is 864. The van der Waals surface area contributed by atoms with E-state index >= 15 is 0 Å². The van der Waals surface area contributed by atoms with E-state index in [1.165, 1.54) is 7.11 Å².